The summed E-state index contributed by atoms with van der Waals surface area (Å²) >= 11 is 2.92. The zero-order valence-corrected chi connectivity index (χ0v) is 8.90. The number of halogens is 1. The number of Topliss-reactive ketones (excluding diaryl/α,β-unsaturated/α-hetero) is 1. The number of hydrogen-bond donors (Lipinski definition) is 1. The van der Waals surface area contributed by atoms with E-state index in [0.29, 0.717) is 5.56 Å². The highest BCUT2D eigenvalue weighted by atomic mass is 79.9. The standard InChI is InChI=1S/C10H9BrO3/c11-8(10(13)14)6-9(12)7-4-2-1-3-5-7/h1-5,8H,6H2,(H,13,14). The first-order chi connectivity index (χ1) is 6.61. The van der Waals surface area contributed by atoms with Crippen molar-refractivity contribution in [1.29, 1.82) is 0 Å². The molecule has 0 aliphatic heterocycles. The lowest BCUT2D eigenvalue weighted by Gasteiger charge is -2.03. The summed E-state index contributed by atoms with van der Waals surface area (Å²) in [6.07, 6.45) is -0.0284. The van der Waals surface area contributed by atoms with Crippen LogP contribution in [-0.2, 0) is 4.79 Å². The van der Waals surface area contributed by atoms with Crippen LogP contribution in [0.1, 0.15) is 16.8 Å². The number of carbonyl (C=O) groups excluding carboxylic acids is 1. The Kier molecular flexibility index (Phi) is 3.83. The van der Waals surface area contributed by atoms with Crippen molar-refractivity contribution >= 4 is 27.7 Å². The Morgan fingerprint density at radius 2 is 1.86 bits per heavy atom. The molecular formula is C10H9BrO3. The number of hydrogen-bond acceptors (Lipinski definition) is 2. The first-order valence-corrected chi connectivity index (χ1v) is 4.98. The Bertz CT molecular complexity index is 334. The maximum absolute atomic E-state index is 11.5. The van der Waals surface area contributed by atoms with Gasteiger partial charge in [-0.15, -0.1) is 0 Å². The maximum Gasteiger partial charge on any atom is 0.317 e. The molecule has 4 heteroatoms. The average molecular weight is 257 g/mol. The van der Waals surface area contributed by atoms with E-state index in [0.717, 1.165) is 0 Å². The molecule has 0 amide bonds. The number of benzene rings is 1. The molecule has 74 valence electrons. The molecule has 1 aromatic carbocycles. The summed E-state index contributed by atoms with van der Waals surface area (Å²) in [6.45, 7) is 0. The Morgan fingerprint density at radius 1 is 1.29 bits per heavy atom. The molecule has 1 atom stereocenters. The largest absolute Gasteiger partial charge is 0.480 e. The highest BCUT2D eigenvalue weighted by Crippen LogP contribution is 2.11. The molecule has 14 heavy (non-hydrogen) atoms. The molecule has 0 aromatic heterocycles. The van der Waals surface area contributed by atoms with Gasteiger partial charge in [0.05, 0.1) is 0 Å². The van der Waals surface area contributed by atoms with E-state index in [1.807, 2.05) is 0 Å². The molecule has 0 bridgehead atoms. The number of aliphatic carboxylic acids is 1. The second-order valence-corrected chi connectivity index (χ2v) is 3.90. The van der Waals surface area contributed by atoms with Crippen LogP contribution in [0.4, 0.5) is 0 Å². The van der Waals surface area contributed by atoms with Gasteiger partial charge in [-0.25, -0.2) is 0 Å². The summed E-state index contributed by atoms with van der Waals surface area (Å²) in [5, 5.41) is 8.58. The Labute approximate surface area is 89.9 Å². The molecule has 1 N–H and O–H groups in total. The molecule has 0 aliphatic carbocycles. The lowest BCUT2D eigenvalue weighted by Crippen LogP contribution is -2.17. The van der Waals surface area contributed by atoms with Crippen molar-refractivity contribution in [3.05, 3.63) is 35.9 Å². The summed E-state index contributed by atoms with van der Waals surface area (Å²) in [5.41, 5.74) is 0.540. The van der Waals surface area contributed by atoms with Crippen molar-refractivity contribution in [3.63, 3.8) is 0 Å². The first-order valence-electron chi connectivity index (χ1n) is 4.06. The van der Waals surface area contributed by atoms with Crippen molar-refractivity contribution in [2.45, 2.75) is 11.2 Å². The topological polar surface area (TPSA) is 54.4 Å². The summed E-state index contributed by atoms with van der Waals surface area (Å²) < 4.78 is 0. The normalized spacial score (nSPS) is 12.1. The smallest absolute Gasteiger partial charge is 0.317 e. The first kappa shape index (κ1) is 10.9. The van der Waals surface area contributed by atoms with Crippen LogP contribution in [0.15, 0.2) is 30.3 Å². The van der Waals surface area contributed by atoms with Gasteiger partial charge in [0.1, 0.15) is 4.83 Å². The van der Waals surface area contributed by atoms with E-state index in [1.165, 1.54) is 0 Å². The van der Waals surface area contributed by atoms with Crippen molar-refractivity contribution in [1.82, 2.24) is 0 Å². The van der Waals surface area contributed by atoms with E-state index in [4.69, 9.17) is 5.11 Å². The minimum atomic E-state index is -1.02. The number of ketones is 1. The van der Waals surface area contributed by atoms with Gasteiger partial charge < -0.3 is 5.11 Å². The number of alkyl halides is 1. The van der Waals surface area contributed by atoms with Gasteiger partial charge in [-0.3, -0.25) is 9.59 Å². The summed E-state index contributed by atoms with van der Waals surface area (Å²) in [7, 11) is 0. The fourth-order valence-electron chi connectivity index (χ4n) is 0.992. The molecule has 3 nitrogen and oxygen atoms in total. The number of carbonyl (C=O) groups is 2. The Morgan fingerprint density at radius 3 is 2.36 bits per heavy atom. The minimum absolute atomic E-state index is 0.0284. The van der Waals surface area contributed by atoms with Crippen LogP contribution < -0.4 is 0 Å². The molecule has 0 spiro atoms. The van der Waals surface area contributed by atoms with E-state index in [1.54, 1.807) is 30.3 Å². The van der Waals surface area contributed by atoms with Gasteiger partial charge in [0.2, 0.25) is 0 Å². The number of carboxylic acids is 1. The van der Waals surface area contributed by atoms with Crippen LogP contribution in [0.5, 0.6) is 0 Å². The molecule has 0 heterocycles. The summed E-state index contributed by atoms with van der Waals surface area (Å²) in [6, 6.07) is 8.64. The maximum atomic E-state index is 11.5. The monoisotopic (exact) mass is 256 g/mol. The lowest BCUT2D eigenvalue weighted by atomic mass is 10.1. The van der Waals surface area contributed by atoms with Gasteiger partial charge >= 0.3 is 5.97 Å². The van der Waals surface area contributed by atoms with Gasteiger partial charge in [-0.2, -0.15) is 0 Å². The molecule has 0 aliphatic rings. The fraction of sp³-hybridized carbons (Fsp3) is 0.200. The molecule has 1 aromatic rings. The summed E-state index contributed by atoms with van der Waals surface area (Å²) in [5.74, 6) is -1.19. The number of carboxylic acid groups (broad SMARTS) is 1. The van der Waals surface area contributed by atoms with Crippen LogP contribution >= 0.6 is 15.9 Å². The highest BCUT2D eigenvalue weighted by molar-refractivity contribution is 9.10. The van der Waals surface area contributed by atoms with E-state index in [9.17, 15) is 9.59 Å². The van der Waals surface area contributed by atoms with Gasteiger partial charge in [0.25, 0.3) is 0 Å². The molecule has 0 radical (unpaired) electrons. The Balaban J connectivity index is 2.64. The minimum Gasteiger partial charge on any atom is -0.480 e. The quantitative estimate of drug-likeness (QED) is 0.663. The molecule has 0 fully saturated rings. The van der Waals surface area contributed by atoms with Crippen molar-refractivity contribution in [2.75, 3.05) is 0 Å². The van der Waals surface area contributed by atoms with Gasteiger partial charge in [-0.1, -0.05) is 46.3 Å². The van der Waals surface area contributed by atoms with Crippen LogP contribution in [0.2, 0.25) is 0 Å². The van der Waals surface area contributed by atoms with Crippen LogP contribution in [0.3, 0.4) is 0 Å². The molecular weight excluding hydrogens is 248 g/mol. The Hall–Kier alpha value is -1.16. The third-order valence-electron chi connectivity index (χ3n) is 1.73. The van der Waals surface area contributed by atoms with Gasteiger partial charge in [0, 0.05) is 12.0 Å². The molecule has 1 rings (SSSR count). The van der Waals surface area contributed by atoms with Gasteiger partial charge in [-0.05, 0) is 0 Å². The zero-order valence-electron chi connectivity index (χ0n) is 7.31. The van der Waals surface area contributed by atoms with E-state index >= 15 is 0 Å². The van der Waals surface area contributed by atoms with E-state index in [2.05, 4.69) is 15.9 Å². The highest BCUT2D eigenvalue weighted by Gasteiger charge is 2.18. The predicted octanol–water partition coefficient (Wildman–Crippen LogP) is 2.11. The average Bonchev–Trinajstić information content (AvgIpc) is 2.19. The van der Waals surface area contributed by atoms with Crippen molar-refractivity contribution in [2.24, 2.45) is 0 Å². The fourth-order valence-corrected chi connectivity index (χ4v) is 1.29. The molecule has 1 unspecified atom stereocenters. The lowest BCUT2D eigenvalue weighted by molar-refractivity contribution is -0.136. The second kappa shape index (κ2) is 4.91. The third-order valence-corrected chi connectivity index (χ3v) is 2.44. The predicted molar refractivity (Wildman–Crippen MR) is 55.7 cm³/mol. The molecule has 0 saturated carbocycles. The van der Waals surface area contributed by atoms with Crippen molar-refractivity contribution in [3.8, 4) is 0 Å². The van der Waals surface area contributed by atoms with Crippen LogP contribution in [-0.4, -0.2) is 21.7 Å². The SMILES string of the molecule is O=C(CC(Br)C(=O)O)c1ccccc1. The summed E-state index contributed by atoms with van der Waals surface area (Å²) in [4.78, 5) is 21.1. The van der Waals surface area contributed by atoms with Crippen molar-refractivity contribution < 1.29 is 14.7 Å². The van der Waals surface area contributed by atoms with Crippen LogP contribution in [0, 0.1) is 0 Å². The number of rotatable bonds is 4. The van der Waals surface area contributed by atoms with Gasteiger partial charge in [0.15, 0.2) is 5.78 Å². The van der Waals surface area contributed by atoms with E-state index < -0.39 is 10.8 Å². The second-order valence-electron chi connectivity index (χ2n) is 2.80. The van der Waals surface area contributed by atoms with E-state index in [-0.39, 0.29) is 12.2 Å². The van der Waals surface area contributed by atoms with Crippen LogP contribution in [0.25, 0.3) is 0 Å². The third kappa shape index (κ3) is 2.96. The molecule has 0 saturated heterocycles. The zero-order chi connectivity index (χ0) is 10.6.